The third-order valence-electron chi connectivity index (χ3n) is 6.15. The third kappa shape index (κ3) is 5.72. The van der Waals surface area contributed by atoms with Crippen molar-refractivity contribution in [1.82, 2.24) is 15.2 Å². The molecular weight excluding hydrogens is 483 g/mol. The molecule has 0 bridgehead atoms. The van der Waals surface area contributed by atoms with Crippen molar-refractivity contribution in [2.24, 2.45) is 0 Å². The fourth-order valence-corrected chi connectivity index (χ4v) is 5.15. The molecule has 0 saturated carbocycles. The van der Waals surface area contributed by atoms with E-state index < -0.39 is 0 Å². The van der Waals surface area contributed by atoms with E-state index in [1.807, 2.05) is 42.2 Å². The summed E-state index contributed by atoms with van der Waals surface area (Å²) in [7, 11) is 0. The lowest BCUT2D eigenvalue weighted by Gasteiger charge is -2.36. The number of rotatable bonds is 6. The van der Waals surface area contributed by atoms with Crippen molar-refractivity contribution < 1.29 is 9.53 Å². The molecular formula is C27H30Cl2N4O2. The Morgan fingerprint density at radius 3 is 2.34 bits per heavy atom. The fourth-order valence-electron chi connectivity index (χ4n) is 4.51. The minimum atomic E-state index is -0.376. The number of ether oxygens (including phenoxy) is 1. The van der Waals surface area contributed by atoms with Crippen LogP contribution in [0, 0.1) is 0 Å². The molecule has 2 aromatic carbocycles. The Bertz CT molecular complexity index is 1170. The topological polar surface area (TPSA) is 80.5 Å². The number of nitrogens with two attached hydrogens (primary N) is 1. The number of aromatic nitrogens is 1. The molecule has 1 aromatic heterocycles. The van der Waals surface area contributed by atoms with Gasteiger partial charge in [0, 0.05) is 58.1 Å². The number of carbonyl (C=O) groups is 1. The van der Waals surface area contributed by atoms with Crippen LogP contribution in [0.3, 0.4) is 0 Å². The van der Waals surface area contributed by atoms with Crippen LogP contribution in [0.2, 0.25) is 10.0 Å². The number of pyridine rings is 1. The number of piperazine rings is 1. The van der Waals surface area contributed by atoms with Gasteiger partial charge in [0.1, 0.15) is 6.10 Å². The van der Waals surface area contributed by atoms with Gasteiger partial charge in [0.25, 0.3) is 5.91 Å². The maximum absolute atomic E-state index is 13.0. The molecule has 3 atom stereocenters. The number of carbonyl (C=O) groups excluding carboxylic acids is 1. The number of hydrogen-bond acceptors (Lipinski definition) is 5. The summed E-state index contributed by atoms with van der Waals surface area (Å²) in [5.41, 5.74) is 9.26. The number of nitrogens with zero attached hydrogens (tertiary/aromatic N) is 2. The summed E-state index contributed by atoms with van der Waals surface area (Å²) in [6.07, 6.45) is 1.97. The van der Waals surface area contributed by atoms with Gasteiger partial charge in [0.05, 0.1) is 0 Å². The van der Waals surface area contributed by atoms with Crippen LogP contribution >= 0.6 is 23.2 Å². The largest absolute Gasteiger partial charge is 0.482 e. The molecule has 6 nitrogen and oxygen atoms in total. The number of benzene rings is 2. The van der Waals surface area contributed by atoms with E-state index in [4.69, 9.17) is 33.7 Å². The van der Waals surface area contributed by atoms with E-state index in [0.717, 1.165) is 16.7 Å². The molecule has 2 heterocycles. The zero-order valence-corrected chi connectivity index (χ0v) is 21.6. The third-order valence-corrected chi connectivity index (χ3v) is 6.81. The smallest absolute Gasteiger partial charge is 0.253 e. The number of hydrogen-bond donors (Lipinski definition) is 2. The summed E-state index contributed by atoms with van der Waals surface area (Å²) in [4.78, 5) is 19.2. The summed E-state index contributed by atoms with van der Waals surface area (Å²) in [6.45, 7) is 7.57. The Kier molecular flexibility index (Phi) is 7.85. The van der Waals surface area contributed by atoms with Gasteiger partial charge in [-0.15, -0.1) is 0 Å². The van der Waals surface area contributed by atoms with E-state index in [1.54, 1.807) is 24.4 Å². The number of nitrogens with one attached hydrogen (secondary N) is 1. The van der Waals surface area contributed by atoms with Gasteiger partial charge < -0.3 is 20.7 Å². The van der Waals surface area contributed by atoms with Crippen LogP contribution in [0.25, 0.3) is 11.1 Å². The SMILES string of the molecule is CCC(Oc1cc(-c2ccc(C(=O)N3C[C@@H](C)N[C@@H](C)C3)cc2)cnc1N)c1c(Cl)cccc1Cl. The zero-order valence-electron chi connectivity index (χ0n) is 20.1. The van der Waals surface area contributed by atoms with Crippen LogP contribution < -0.4 is 15.8 Å². The van der Waals surface area contributed by atoms with Crippen molar-refractivity contribution >= 4 is 34.9 Å². The predicted molar refractivity (Wildman–Crippen MR) is 142 cm³/mol. The molecule has 1 saturated heterocycles. The molecule has 1 amide bonds. The Balaban J connectivity index is 1.55. The second-order valence-corrected chi connectivity index (χ2v) is 9.83. The summed E-state index contributed by atoms with van der Waals surface area (Å²) in [6, 6.07) is 15.3. The first-order valence-corrected chi connectivity index (χ1v) is 12.5. The Morgan fingerprint density at radius 1 is 1.11 bits per heavy atom. The van der Waals surface area contributed by atoms with Crippen LogP contribution in [-0.2, 0) is 0 Å². The summed E-state index contributed by atoms with van der Waals surface area (Å²) >= 11 is 12.8. The monoisotopic (exact) mass is 512 g/mol. The molecule has 3 aromatic rings. The second-order valence-electron chi connectivity index (χ2n) is 9.01. The molecule has 1 aliphatic heterocycles. The fraction of sp³-hybridized carbons (Fsp3) is 0.333. The summed E-state index contributed by atoms with van der Waals surface area (Å²) in [5.74, 6) is 0.775. The average Bonchev–Trinajstić information content (AvgIpc) is 2.83. The van der Waals surface area contributed by atoms with Gasteiger partial charge in [0.15, 0.2) is 11.6 Å². The maximum atomic E-state index is 13.0. The molecule has 184 valence electrons. The van der Waals surface area contributed by atoms with E-state index in [-0.39, 0.29) is 29.9 Å². The molecule has 3 N–H and O–H groups in total. The minimum absolute atomic E-state index is 0.0404. The predicted octanol–water partition coefficient (Wildman–Crippen LogP) is 5.99. The Labute approximate surface area is 216 Å². The highest BCUT2D eigenvalue weighted by molar-refractivity contribution is 6.36. The van der Waals surface area contributed by atoms with E-state index >= 15 is 0 Å². The highest BCUT2D eigenvalue weighted by atomic mass is 35.5. The lowest BCUT2D eigenvalue weighted by atomic mass is 10.0. The van der Waals surface area contributed by atoms with Crippen molar-refractivity contribution in [2.75, 3.05) is 18.8 Å². The molecule has 1 unspecified atom stereocenters. The van der Waals surface area contributed by atoms with E-state index in [2.05, 4.69) is 24.1 Å². The van der Waals surface area contributed by atoms with Gasteiger partial charge in [-0.05, 0) is 56.2 Å². The first kappa shape index (κ1) is 25.3. The van der Waals surface area contributed by atoms with Crippen molar-refractivity contribution in [1.29, 1.82) is 0 Å². The maximum Gasteiger partial charge on any atom is 0.253 e. The van der Waals surface area contributed by atoms with E-state index in [9.17, 15) is 4.79 Å². The molecule has 8 heteroatoms. The Morgan fingerprint density at radius 2 is 1.74 bits per heavy atom. The van der Waals surface area contributed by atoms with Gasteiger partial charge in [0.2, 0.25) is 0 Å². The minimum Gasteiger partial charge on any atom is -0.482 e. The second kappa shape index (κ2) is 10.9. The van der Waals surface area contributed by atoms with Crippen molar-refractivity contribution in [3.63, 3.8) is 0 Å². The quantitative estimate of drug-likeness (QED) is 0.423. The normalized spacial score (nSPS) is 18.8. The standard InChI is InChI=1S/C27H30Cl2N4O2/c1-4-23(25-21(28)6-5-7-22(25)29)35-24-12-20(13-31-26(24)30)18-8-10-19(11-9-18)27(34)33-14-16(2)32-17(3)15-33/h5-13,16-17,23,32H,4,14-15H2,1-3H3,(H2,30,31)/t16-,17+,23?. The first-order valence-electron chi connectivity index (χ1n) is 11.8. The van der Waals surface area contributed by atoms with Crippen LogP contribution in [0.1, 0.15) is 49.2 Å². The average molecular weight is 513 g/mol. The van der Waals surface area contributed by atoms with Gasteiger partial charge in [-0.2, -0.15) is 0 Å². The molecule has 35 heavy (non-hydrogen) atoms. The first-order chi connectivity index (χ1) is 16.8. The highest BCUT2D eigenvalue weighted by Crippen LogP contribution is 2.37. The van der Waals surface area contributed by atoms with Crippen LogP contribution in [0.15, 0.2) is 54.7 Å². The molecule has 0 radical (unpaired) electrons. The number of amides is 1. The van der Waals surface area contributed by atoms with Crippen molar-refractivity contribution in [2.45, 2.75) is 45.4 Å². The molecule has 1 fully saturated rings. The number of anilines is 1. The van der Waals surface area contributed by atoms with E-state index in [1.165, 1.54) is 0 Å². The lowest BCUT2D eigenvalue weighted by Crippen LogP contribution is -2.55. The van der Waals surface area contributed by atoms with Gasteiger partial charge in [-0.1, -0.05) is 48.3 Å². The number of halogens is 2. The Hall–Kier alpha value is -2.80. The van der Waals surface area contributed by atoms with Gasteiger partial charge >= 0.3 is 0 Å². The summed E-state index contributed by atoms with van der Waals surface area (Å²) in [5, 5.41) is 4.54. The van der Waals surface area contributed by atoms with Crippen molar-refractivity contribution in [3.05, 3.63) is 75.9 Å². The van der Waals surface area contributed by atoms with Gasteiger partial charge in [-0.25, -0.2) is 4.98 Å². The molecule has 1 aliphatic rings. The molecule has 4 rings (SSSR count). The lowest BCUT2D eigenvalue weighted by molar-refractivity contribution is 0.0674. The van der Waals surface area contributed by atoms with Crippen molar-refractivity contribution in [3.8, 4) is 16.9 Å². The highest BCUT2D eigenvalue weighted by Gasteiger charge is 2.25. The van der Waals surface area contributed by atoms with Gasteiger partial charge in [-0.3, -0.25) is 4.79 Å². The number of nitrogen functional groups attached to an aromatic ring is 1. The van der Waals surface area contributed by atoms with Crippen LogP contribution in [0.5, 0.6) is 5.75 Å². The summed E-state index contributed by atoms with van der Waals surface area (Å²) < 4.78 is 6.24. The molecule has 0 spiro atoms. The van der Waals surface area contributed by atoms with E-state index in [0.29, 0.717) is 40.9 Å². The van der Waals surface area contributed by atoms with Crippen LogP contribution in [-0.4, -0.2) is 41.0 Å². The van der Waals surface area contributed by atoms with Crippen LogP contribution in [0.4, 0.5) is 5.82 Å². The zero-order chi connectivity index (χ0) is 25.1. The molecule has 0 aliphatic carbocycles.